The first-order chi connectivity index (χ1) is 21.4. The largest absolute Gasteiger partial charge is 0.456 e. The third kappa shape index (κ3) is 3.67. The van der Waals surface area contributed by atoms with Gasteiger partial charge in [-0.15, -0.1) is 0 Å². The van der Waals surface area contributed by atoms with Gasteiger partial charge in [0.1, 0.15) is 22.3 Å². The van der Waals surface area contributed by atoms with Crippen molar-refractivity contribution >= 4 is 65.4 Å². The highest BCUT2D eigenvalue weighted by Crippen LogP contribution is 2.46. The van der Waals surface area contributed by atoms with Crippen LogP contribution < -0.4 is 0 Å². The van der Waals surface area contributed by atoms with Crippen LogP contribution in [0.25, 0.3) is 87.7 Å². The zero-order chi connectivity index (χ0) is 29.6. The van der Waals surface area contributed by atoms with Crippen molar-refractivity contribution in [2.24, 2.45) is 0 Å². The van der Waals surface area contributed by atoms with E-state index in [1.165, 1.54) is 49.4 Å². The third-order valence-corrected chi connectivity index (χ3v) is 9.22. The summed E-state index contributed by atoms with van der Waals surface area (Å²) in [5.41, 5.74) is 9.88. The lowest BCUT2D eigenvalue weighted by Crippen LogP contribution is -2.10. The lowest BCUT2D eigenvalue weighted by atomic mass is 9.81. The van der Waals surface area contributed by atoms with Gasteiger partial charge in [-0.1, -0.05) is 106 Å². The summed E-state index contributed by atoms with van der Waals surface area (Å²) in [6.45, 7) is 6.87. The fraction of sp³-hybridized carbons (Fsp3) is 0.0952. The van der Waals surface area contributed by atoms with Gasteiger partial charge in [0.2, 0.25) is 0 Å². The molecule has 2 heteroatoms. The van der Waals surface area contributed by atoms with Crippen LogP contribution >= 0.6 is 0 Å². The van der Waals surface area contributed by atoms with Crippen molar-refractivity contribution in [2.75, 3.05) is 0 Å². The average molecular weight is 567 g/mol. The summed E-state index contributed by atoms with van der Waals surface area (Å²) in [6, 6.07) is 45.9. The number of furan rings is 2. The SMILES string of the molecule is CC(C)(C)c1ccc2c(-c3ccc4oc5ccccc5c4c3)c3ccccc3c(-c3ccc4oc5ccccc5c4c3)c2c1. The van der Waals surface area contributed by atoms with Gasteiger partial charge in [-0.3, -0.25) is 0 Å². The number of para-hydroxylation sites is 2. The number of rotatable bonds is 2. The maximum atomic E-state index is 6.21. The van der Waals surface area contributed by atoms with Crippen molar-refractivity contribution in [3.63, 3.8) is 0 Å². The summed E-state index contributed by atoms with van der Waals surface area (Å²) in [4.78, 5) is 0. The molecule has 44 heavy (non-hydrogen) atoms. The molecule has 0 aliphatic heterocycles. The zero-order valence-corrected chi connectivity index (χ0v) is 24.9. The molecule has 0 radical (unpaired) electrons. The van der Waals surface area contributed by atoms with Crippen LogP contribution in [0.5, 0.6) is 0 Å². The minimum Gasteiger partial charge on any atom is -0.456 e. The quantitative estimate of drug-likeness (QED) is 0.195. The van der Waals surface area contributed by atoms with E-state index in [-0.39, 0.29) is 5.41 Å². The van der Waals surface area contributed by atoms with Gasteiger partial charge in [0.25, 0.3) is 0 Å². The average Bonchev–Trinajstić information content (AvgIpc) is 3.60. The molecule has 0 atom stereocenters. The molecule has 210 valence electrons. The van der Waals surface area contributed by atoms with Crippen LogP contribution in [0, 0.1) is 0 Å². The van der Waals surface area contributed by atoms with Crippen LogP contribution in [0.4, 0.5) is 0 Å². The lowest BCUT2D eigenvalue weighted by Gasteiger charge is -2.23. The van der Waals surface area contributed by atoms with E-state index in [0.717, 1.165) is 43.9 Å². The number of fused-ring (bicyclic) bond motifs is 8. The van der Waals surface area contributed by atoms with Crippen molar-refractivity contribution in [1.82, 2.24) is 0 Å². The molecule has 9 aromatic rings. The normalized spacial score (nSPS) is 12.4. The van der Waals surface area contributed by atoms with E-state index in [2.05, 4.69) is 124 Å². The first-order valence-corrected chi connectivity index (χ1v) is 15.3. The molecule has 0 bridgehead atoms. The van der Waals surface area contributed by atoms with Gasteiger partial charge in [0, 0.05) is 21.5 Å². The second kappa shape index (κ2) is 9.08. The molecule has 0 N–H and O–H groups in total. The fourth-order valence-corrected chi connectivity index (χ4v) is 7.03. The Morgan fingerprint density at radius 2 is 0.795 bits per heavy atom. The Labute approximate surface area is 255 Å². The molecule has 2 nitrogen and oxygen atoms in total. The smallest absolute Gasteiger partial charge is 0.135 e. The van der Waals surface area contributed by atoms with Gasteiger partial charge in [-0.25, -0.2) is 0 Å². The Morgan fingerprint density at radius 3 is 1.32 bits per heavy atom. The monoisotopic (exact) mass is 566 g/mol. The molecule has 7 aromatic carbocycles. The van der Waals surface area contributed by atoms with E-state index in [1.807, 2.05) is 24.3 Å². The highest BCUT2D eigenvalue weighted by Gasteiger charge is 2.21. The Kier molecular flexibility index (Phi) is 5.20. The lowest BCUT2D eigenvalue weighted by molar-refractivity contribution is 0.591. The molecule has 0 spiro atoms. The summed E-state index contributed by atoms with van der Waals surface area (Å²) in [7, 11) is 0. The summed E-state index contributed by atoms with van der Waals surface area (Å²) in [5.74, 6) is 0. The van der Waals surface area contributed by atoms with E-state index in [1.54, 1.807) is 0 Å². The molecule has 2 aromatic heterocycles. The van der Waals surface area contributed by atoms with Gasteiger partial charge < -0.3 is 8.83 Å². The first-order valence-electron chi connectivity index (χ1n) is 15.3. The van der Waals surface area contributed by atoms with Crippen LogP contribution in [0.1, 0.15) is 26.3 Å². The highest BCUT2D eigenvalue weighted by molar-refractivity contribution is 6.23. The Hall–Kier alpha value is -5.34. The second-order valence-electron chi connectivity index (χ2n) is 12.9. The zero-order valence-electron chi connectivity index (χ0n) is 24.9. The van der Waals surface area contributed by atoms with Crippen LogP contribution in [-0.2, 0) is 5.41 Å². The van der Waals surface area contributed by atoms with Gasteiger partial charge in [0.05, 0.1) is 0 Å². The van der Waals surface area contributed by atoms with Crippen molar-refractivity contribution in [1.29, 1.82) is 0 Å². The standard InChI is InChI=1S/C42H30O2/c1-42(2,3)27-18-19-32-35(24-27)41(26-17-21-39-34(23-26)29-11-7-9-15-37(29)44-39)31-13-5-4-12-30(31)40(32)25-16-20-38-33(22-25)28-10-6-8-14-36(28)43-38/h4-24H,1-3H3. The minimum atomic E-state index is 0.0105. The predicted octanol–water partition coefficient (Wildman–Crippen LogP) is 12.4. The van der Waals surface area contributed by atoms with Crippen molar-refractivity contribution in [3.05, 3.63) is 133 Å². The van der Waals surface area contributed by atoms with Gasteiger partial charge in [-0.2, -0.15) is 0 Å². The predicted molar refractivity (Wildman–Crippen MR) is 186 cm³/mol. The number of benzene rings is 7. The second-order valence-corrected chi connectivity index (χ2v) is 12.9. The molecule has 0 saturated heterocycles. The van der Waals surface area contributed by atoms with E-state index >= 15 is 0 Å². The Bertz CT molecular complexity index is 2590. The van der Waals surface area contributed by atoms with Crippen LogP contribution in [0.2, 0.25) is 0 Å². The summed E-state index contributed by atoms with van der Waals surface area (Å²) < 4.78 is 12.4. The first kappa shape index (κ1) is 25.2. The molecule has 0 fully saturated rings. The van der Waals surface area contributed by atoms with Crippen molar-refractivity contribution < 1.29 is 8.83 Å². The van der Waals surface area contributed by atoms with E-state index < -0.39 is 0 Å². The van der Waals surface area contributed by atoms with Crippen LogP contribution in [0.3, 0.4) is 0 Å². The van der Waals surface area contributed by atoms with Crippen LogP contribution in [-0.4, -0.2) is 0 Å². The summed E-state index contributed by atoms with van der Waals surface area (Å²) in [6.07, 6.45) is 0. The topological polar surface area (TPSA) is 26.3 Å². The van der Waals surface area contributed by atoms with Gasteiger partial charge in [-0.05, 0) is 97.2 Å². The Balaban J connectivity index is 1.41. The minimum absolute atomic E-state index is 0.0105. The molecular formula is C42H30O2. The van der Waals surface area contributed by atoms with E-state index in [9.17, 15) is 0 Å². The molecule has 0 saturated carbocycles. The molecule has 0 unspecified atom stereocenters. The Morgan fingerprint density at radius 1 is 0.364 bits per heavy atom. The third-order valence-electron chi connectivity index (χ3n) is 9.22. The van der Waals surface area contributed by atoms with Gasteiger partial charge in [0.15, 0.2) is 0 Å². The maximum absolute atomic E-state index is 6.21. The molecule has 2 heterocycles. The molecule has 0 aliphatic rings. The molecule has 0 aliphatic carbocycles. The van der Waals surface area contributed by atoms with E-state index in [4.69, 9.17) is 8.83 Å². The summed E-state index contributed by atoms with van der Waals surface area (Å²) >= 11 is 0. The molecule has 0 amide bonds. The van der Waals surface area contributed by atoms with Crippen molar-refractivity contribution in [2.45, 2.75) is 26.2 Å². The van der Waals surface area contributed by atoms with Crippen LogP contribution in [0.15, 0.2) is 136 Å². The molecular weight excluding hydrogens is 536 g/mol. The maximum Gasteiger partial charge on any atom is 0.135 e. The highest BCUT2D eigenvalue weighted by atomic mass is 16.3. The number of hydrogen-bond donors (Lipinski definition) is 0. The molecule has 9 rings (SSSR count). The fourth-order valence-electron chi connectivity index (χ4n) is 7.03. The van der Waals surface area contributed by atoms with Gasteiger partial charge >= 0.3 is 0 Å². The van der Waals surface area contributed by atoms with E-state index in [0.29, 0.717) is 0 Å². The number of hydrogen-bond acceptors (Lipinski definition) is 2. The summed E-state index contributed by atoms with van der Waals surface area (Å²) in [5, 5.41) is 9.56. The van der Waals surface area contributed by atoms with Crippen molar-refractivity contribution in [3.8, 4) is 22.3 Å².